The van der Waals surface area contributed by atoms with Gasteiger partial charge in [-0.2, -0.15) is 0 Å². The fourth-order valence-electron chi connectivity index (χ4n) is 2.01. The molecule has 1 aliphatic heterocycles. The van der Waals surface area contributed by atoms with Gasteiger partial charge in [-0.05, 0) is 35.1 Å². The monoisotopic (exact) mass is 201 g/mol. The molecule has 2 aromatic rings. The molecule has 2 heterocycles. The van der Waals surface area contributed by atoms with Crippen molar-refractivity contribution in [1.29, 1.82) is 0 Å². The van der Waals surface area contributed by atoms with Crippen LogP contribution in [0.5, 0.6) is 0 Å². The summed E-state index contributed by atoms with van der Waals surface area (Å²) in [5, 5.41) is 5.54. The van der Waals surface area contributed by atoms with Crippen LogP contribution in [0.1, 0.15) is 5.56 Å². The largest absolute Gasteiger partial charge is 0.384 e. The standard InChI is InChI=1S/C12H11NS/c1-3-10(12-5-2-8-14-12)9-6-7-13-11(9)4-1/h1-5,8,13H,6-7H2. The molecule has 0 atom stereocenters. The molecule has 1 aromatic carbocycles. The van der Waals surface area contributed by atoms with Gasteiger partial charge >= 0.3 is 0 Å². The highest BCUT2D eigenvalue weighted by molar-refractivity contribution is 7.13. The third kappa shape index (κ3) is 1.15. The van der Waals surface area contributed by atoms with Crippen LogP contribution in [-0.2, 0) is 6.42 Å². The zero-order valence-electron chi connectivity index (χ0n) is 7.79. The smallest absolute Gasteiger partial charge is 0.0380 e. The molecule has 14 heavy (non-hydrogen) atoms. The zero-order chi connectivity index (χ0) is 9.38. The van der Waals surface area contributed by atoms with Gasteiger partial charge in [0.2, 0.25) is 0 Å². The summed E-state index contributed by atoms with van der Waals surface area (Å²) in [7, 11) is 0. The molecule has 70 valence electrons. The Kier molecular flexibility index (Phi) is 1.81. The van der Waals surface area contributed by atoms with Crippen molar-refractivity contribution in [1.82, 2.24) is 0 Å². The molecule has 1 aromatic heterocycles. The summed E-state index contributed by atoms with van der Waals surface area (Å²) >= 11 is 1.81. The number of hydrogen-bond donors (Lipinski definition) is 1. The van der Waals surface area contributed by atoms with Gasteiger partial charge in [0.15, 0.2) is 0 Å². The lowest BCUT2D eigenvalue weighted by molar-refractivity contribution is 1.11. The minimum Gasteiger partial charge on any atom is -0.384 e. The van der Waals surface area contributed by atoms with E-state index in [4.69, 9.17) is 0 Å². The molecule has 0 spiro atoms. The van der Waals surface area contributed by atoms with Crippen LogP contribution < -0.4 is 5.32 Å². The number of nitrogens with one attached hydrogen (secondary N) is 1. The highest BCUT2D eigenvalue weighted by Crippen LogP contribution is 2.34. The molecule has 1 nitrogen and oxygen atoms in total. The quantitative estimate of drug-likeness (QED) is 0.745. The third-order valence-corrected chi connectivity index (χ3v) is 3.56. The van der Waals surface area contributed by atoms with Gasteiger partial charge < -0.3 is 5.32 Å². The van der Waals surface area contributed by atoms with Crippen molar-refractivity contribution >= 4 is 17.0 Å². The number of rotatable bonds is 1. The van der Waals surface area contributed by atoms with E-state index in [9.17, 15) is 0 Å². The molecule has 0 saturated carbocycles. The van der Waals surface area contributed by atoms with Gasteiger partial charge in [-0.15, -0.1) is 11.3 Å². The van der Waals surface area contributed by atoms with E-state index in [1.165, 1.54) is 21.7 Å². The topological polar surface area (TPSA) is 12.0 Å². The van der Waals surface area contributed by atoms with Gasteiger partial charge in [-0.25, -0.2) is 0 Å². The average molecular weight is 201 g/mol. The molecule has 0 saturated heterocycles. The van der Waals surface area contributed by atoms with E-state index < -0.39 is 0 Å². The molecule has 0 radical (unpaired) electrons. The van der Waals surface area contributed by atoms with Crippen molar-refractivity contribution < 1.29 is 0 Å². The Morgan fingerprint density at radius 2 is 2.14 bits per heavy atom. The molecule has 0 aliphatic carbocycles. The van der Waals surface area contributed by atoms with E-state index in [-0.39, 0.29) is 0 Å². The van der Waals surface area contributed by atoms with Gasteiger partial charge in [0.25, 0.3) is 0 Å². The Morgan fingerprint density at radius 3 is 3.00 bits per heavy atom. The van der Waals surface area contributed by atoms with E-state index in [2.05, 4.69) is 41.0 Å². The molecule has 0 fully saturated rings. The normalized spacial score (nSPS) is 13.7. The second-order valence-electron chi connectivity index (χ2n) is 3.49. The second kappa shape index (κ2) is 3.14. The number of hydrogen-bond acceptors (Lipinski definition) is 2. The first-order chi connectivity index (χ1) is 6.95. The maximum Gasteiger partial charge on any atom is 0.0380 e. The number of fused-ring (bicyclic) bond motifs is 1. The van der Waals surface area contributed by atoms with E-state index in [0.29, 0.717) is 0 Å². The maximum absolute atomic E-state index is 3.41. The molecular weight excluding hydrogens is 190 g/mol. The lowest BCUT2D eigenvalue weighted by atomic mass is 10.0. The first-order valence-electron chi connectivity index (χ1n) is 4.85. The molecule has 1 aliphatic rings. The SMILES string of the molecule is c1csc(-c2cccc3c2CCN3)c1. The van der Waals surface area contributed by atoms with Crippen LogP contribution in [0.4, 0.5) is 5.69 Å². The maximum atomic E-state index is 3.41. The first kappa shape index (κ1) is 8.06. The summed E-state index contributed by atoms with van der Waals surface area (Å²) < 4.78 is 0. The van der Waals surface area contributed by atoms with Gasteiger partial charge in [-0.3, -0.25) is 0 Å². The zero-order valence-corrected chi connectivity index (χ0v) is 8.60. The summed E-state index contributed by atoms with van der Waals surface area (Å²) in [6.45, 7) is 1.08. The number of benzene rings is 1. The fourth-order valence-corrected chi connectivity index (χ4v) is 2.79. The van der Waals surface area contributed by atoms with E-state index >= 15 is 0 Å². The second-order valence-corrected chi connectivity index (χ2v) is 4.43. The van der Waals surface area contributed by atoms with Crippen LogP contribution in [0.25, 0.3) is 10.4 Å². The average Bonchev–Trinajstić information content (AvgIpc) is 2.88. The summed E-state index contributed by atoms with van der Waals surface area (Å²) in [4.78, 5) is 1.38. The van der Waals surface area contributed by atoms with Crippen molar-refractivity contribution in [3.05, 3.63) is 41.3 Å². The van der Waals surface area contributed by atoms with E-state index in [1.807, 2.05) is 11.3 Å². The minimum atomic E-state index is 1.08. The number of thiophene rings is 1. The van der Waals surface area contributed by atoms with Crippen molar-refractivity contribution in [3.63, 3.8) is 0 Å². The summed E-state index contributed by atoms with van der Waals surface area (Å²) in [6, 6.07) is 10.8. The Bertz CT molecular complexity index is 445. The predicted molar refractivity (Wildman–Crippen MR) is 61.9 cm³/mol. The van der Waals surface area contributed by atoms with Crippen molar-refractivity contribution in [2.75, 3.05) is 11.9 Å². The highest BCUT2D eigenvalue weighted by atomic mass is 32.1. The molecule has 3 rings (SSSR count). The highest BCUT2D eigenvalue weighted by Gasteiger charge is 2.14. The molecule has 0 bridgehead atoms. The number of anilines is 1. The predicted octanol–water partition coefficient (Wildman–Crippen LogP) is 3.38. The third-order valence-electron chi connectivity index (χ3n) is 2.65. The van der Waals surface area contributed by atoms with E-state index in [1.54, 1.807) is 0 Å². The fraction of sp³-hybridized carbons (Fsp3) is 0.167. The lowest BCUT2D eigenvalue weighted by Crippen LogP contribution is -1.90. The van der Waals surface area contributed by atoms with Crippen LogP contribution in [0.15, 0.2) is 35.7 Å². The molecule has 1 N–H and O–H groups in total. The van der Waals surface area contributed by atoms with Gasteiger partial charge in [0.05, 0.1) is 0 Å². The Hall–Kier alpha value is -1.28. The minimum absolute atomic E-state index is 1.08. The van der Waals surface area contributed by atoms with Gasteiger partial charge in [0.1, 0.15) is 0 Å². The van der Waals surface area contributed by atoms with Gasteiger partial charge in [0, 0.05) is 17.1 Å². The summed E-state index contributed by atoms with van der Waals surface area (Å²) in [5.41, 5.74) is 4.20. The summed E-state index contributed by atoms with van der Waals surface area (Å²) in [5.74, 6) is 0. The molecule has 2 heteroatoms. The Labute approximate surface area is 87.4 Å². The van der Waals surface area contributed by atoms with Crippen LogP contribution in [0, 0.1) is 0 Å². The molecular formula is C12H11NS. The van der Waals surface area contributed by atoms with Crippen molar-refractivity contribution in [3.8, 4) is 10.4 Å². The lowest BCUT2D eigenvalue weighted by Gasteiger charge is -2.04. The van der Waals surface area contributed by atoms with Crippen LogP contribution in [0.3, 0.4) is 0 Å². The summed E-state index contributed by atoms with van der Waals surface area (Å²) in [6.07, 6.45) is 1.16. The van der Waals surface area contributed by atoms with E-state index in [0.717, 1.165) is 13.0 Å². The molecule has 0 unspecified atom stereocenters. The Balaban J connectivity index is 2.20. The van der Waals surface area contributed by atoms with Gasteiger partial charge in [-0.1, -0.05) is 18.2 Å². The molecule has 0 amide bonds. The van der Waals surface area contributed by atoms with Crippen LogP contribution in [0.2, 0.25) is 0 Å². The van der Waals surface area contributed by atoms with Crippen LogP contribution in [-0.4, -0.2) is 6.54 Å². The van der Waals surface area contributed by atoms with Crippen LogP contribution >= 0.6 is 11.3 Å². The van der Waals surface area contributed by atoms with Crippen molar-refractivity contribution in [2.45, 2.75) is 6.42 Å². The first-order valence-corrected chi connectivity index (χ1v) is 5.73. The van der Waals surface area contributed by atoms with Crippen molar-refractivity contribution in [2.24, 2.45) is 0 Å². The Morgan fingerprint density at radius 1 is 1.14 bits per heavy atom.